The third-order valence-corrected chi connectivity index (χ3v) is 6.34. The van der Waals surface area contributed by atoms with Gasteiger partial charge in [-0.1, -0.05) is 23.9 Å². The molecule has 1 aliphatic rings. The summed E-state index contributed by atoms with van der Waals surface area (Å²) in [6.07, 6.45) is 0. The predicted octanol–water partition coefficient (Wildman–Crippen LogP) is 3.11. The monoisotopic (exact) mass is 302 g/mol. The Bertz CT molecular complexity index is 499. The van der Waals surface area contributed by atoms with Gasteiger partial charge in [0.15, 0.2) is 0 Å². The van der Waals surface area contributed by atoms with Crippen molar-refractivity contribution in [3.8, 4) is 0 Å². The summed E-state index contributed by atoms with van der Waals surface area (Å²) >= 11 is 6.06. The van der Waals surface area contributed by atoms with Gasteiger partial charge in [0.2, 0.25) is 3.54 Å². The topological polar surface area (TPSA) is 41.1 Å². The minimum Gasteiger partial charge on any atom is -0.350 e. The number of nitrogens with one attached hydrogen (secondary N) is 2. The number of thiol groups is 1. The summed E-state index contributed by atoms with van der Waals surface area (Å²) in [4.78, 5) is 1.09. The van der Waals surface area contributed by atoms with Gasteiger partial charge in [0.1, 0.15) is 11.0 Å². The smallest absolute Gasteiger partial charge is 0.224 e. The average molecular weight is 302 g/mol. The zero-order chi connectivity index (χ0) is 13.6. The van der Waals surface area contributed by atoms with Crippen LogP contribution in [0.4, 0.5) is 5.69 Å². The fraction of sp³-hybridized carbons (Fsp3) is 0.500. The van der Waals surface area contributed by atoms with E-state index in [1.807, 2.05) is 45.9 Å². The summed E-state index contributed by atoms with van der Waals surface area (Å²) in [6, 6.07) is 6.06. The summed E-state index contributed by atoms with van der Waals surface area (Å²) in [7, 11) is -1.30. The second kappa shape index (κ2) is 4.74. The van der Waals surface area contributed by atoms with E-state index in [1.54, 1.807) is 0 Å². The maximum Gasteiger partial charge on any atom is 0.224 e. The third kappa shape index (κ3) is 2.87. The van der Waals surface area contributed by atoms with Gasteiger partial charge in [0.05, 0.1) is 5.69 Å². The molecule has 0 aliphatic carbocycles. The molecule has 6 heteroatoms. The van der Waals surface area contributed by atoms with Gasteiger partial charge in [-0.25, -0.2) is 8.93 Å². The molecule has 2 unspecified atom stereocenters. The molecule has 0 amide bonds. The Labute approximate surface area is 121 Å². The molecule has 100 valence electrons. The lowest BCUT2D eigenvalue weighted by molar-refractivity contribution is 0.519. The molecule has 0 saturated carbocycles. The molecule has 1 heterocycles. The molecule has 1 aromatic carbocycles. The van der Waals surface area contributed by atoms with Gasteiger partial charge in [-0.05, 0) is 39.3 Å². The normalized spacial score (nSPS) is 24.5. The highest BCUT2D eigenvalue weighted by molar-refractivity contribution is 8.24. The number of aryl methyl sites for hydroxylation is 1. The Kier molecular flexibility index (Phi) is 3.75. The van der Waals surface area contributed by atoms with Crippen molar-refractivity contribution >= 4 is 41.1 Å². The molecule has 0 saturated heterocycles. The van der Waals surface area contributed by atoms with Crippen LogP contribution in [0, 0.1) is 6.92 Å². The highest BCUT2D eigenvalue weighted by Gasteiger charge is 2.42. The minimum atomic E-state index is -1.30. The van der Waals surface area contributed by atoms with E-state index in [2.05, 4.69) is 22.7 Å². The summed E-state index contributed by atoms with van der Waals surface area (Å²) in [5, 5.41) is 3.27. The van der Waals surface area contributed by atoms with Gasteiger partial charge in [-0.3, -0.25) is 0 Å². The first-order valence-electron chi connectivity index (χ1n) is 5.70. The van der Waals surface area contributed by atoms with Crippen molar-refractivity contribution in [1.29, 1.82) is 0 Å². The highest BCUT2D eigenvalue weighted by Crippen LogP contribution is 2.50. The van der Waals surface area contributed by atoms with Gasteiger partial charge >= 0.3 is 0 Å². The number of anilines is 1. The molecule has 1 aromatic rings. The third-order valence-electron chi connectivity index (χ3n) is 2.42. The van der Waals surface area contributed by atoms with Crippen molar-refractivity contribution in [2.24, 2.45) is 0 Å². The number of hydrogen-bond acceptors (Lipinski definition) is 4. The van der Waals surface area contributed by atoms with E-state index < -0.39 is 14.5 Å². The van der Waals surface area contributed by atoms with Crippen LogP contribution in [0.1, 0.15) is 26.3 Å². The highest BCUT2D eigenvalue weighted by atomic mass is 32.3. The van der Waals surface area contributed by atoms with Gasteiger partial charge in [-0.2, -0.15) is 0 Å². The molecule has 0 radical (unpaired) electrons. The lowest BCUT2D eigenvalue weighted by Gasteiger charge is -2.28. The van der Waals surface area contributed by atoms with Crippen LogP contribution in [0.25, 0.3) is 0 Å². The van der Waals surface area contributed by atoms with Crippen LogP contribution in [-0.2, 0) is 11.0 Å². The van der Waals surface area contributed by atoms with Gasteiger partial charge < -0.3 is 5.32 Å². The number of thioether (sulfide) groups is 1. The van der Waals surface area contributed by atoms with Crippen molar-refractivity contribution in [2.45, 2.75) is 41.7 Å². The second-order valence-corrected chi connectivity index (χ2v) is 9.52. The summed E-state index contributed by atoms with van der Waals surface area (Å²) in [5.74, 6) is 0. The van der Waals surface area contributed by atoms with Crippen molar-refractivity contribution in [3.63, 3.8) is 0 Å². The zero-order valence-electron chi connectivity index (χ0n) is 10.9. The van der Waals surface area contributed by atoms with E-state index >= 15 is 0 Å². The van der Waals surface area contributed by atoms with Crippen LogP contribution in [0.2, 0.25) is 0 Å². The SMILES string of the molecule is Cc1cccc2c1NC(S)(S(=O)NC(C)(C)C)S2. The number of fused-ring (bicyclic) bond motifs is 1. The first-order chi connectivity index (χ1) is 8.21. The van der Waals surface area contributed by atoms with Crippen molar-refractivity contribution in [2.75, 3.05) is 5.32 Å². The van der Waals surface area contributed by atoms with E-state index in [1.165, 1.54) is 11.8 Å². The lowest BCUT2D eigenvalue weighted by atomic mass is 10.1. The maximum atomic E-state index is 12.4. The van der Waals surface area contributed by atoms with Crippen LogP contribution in [0.5, 0.6) is 0 Å². The number of hydrogen-bond donors (Lipinski definition) is 3. The lowest BCUT2D eigenvalue weighted by Crippen LogP contribution is -2.46. The predicted molar refractivity (Wildman–Crippen MR) is 83.4 cm³/mol. The Hall–Kier alpha value is -0.170. The van der Waals surface area contributed by atoms with Crippen LogP contribution < -0.4 is 10.0 Å². The molecule has 3 nitrogen and oxygen atoms in total. The molecule has 2 N–H and O–H groups in total. The molecule has 1 aliphatic heterocycles. The molecule has 0 spiro atoms. The van der Waals surface area contributed by atoms with Gasteiger partial charge in [-0.15, -0.1) is 12.6 Å². The number of para-hydroxylation sites is 1. The molecule has 2 atom stereocenters. The standard InChI is InChI=1S/C12H18N2OS3/c1-8-6-5-7-9-10(8)13-12(16,17-9)18(15)14-11(2,3)4/h5-7,13-14,16H,1-4H3. The Morgan fingerprint density at radius 2 is 2.11 bits per heavy atom. The van der Waals surface area contributed by atoms with Gasteiger partial charge in [0.25, 0.3) is 0 Å². The van der Waals surface area contributed by atoms with Crippen molar-refractivity contribution in [1.82, 2.24) is 4.72 Å². The van der Waals surface area contributed by atoms with E-state index in [0.717, 1.165) is 16.1 Å². The molecule has 0 aromatic heterocycles. The quantitative estimate of drug-likeness (QED) is 0.735. The molecular formula is C12H18N2OS3. The summed E-state index contributed by atoms with van der Waals surface area (Å²) in [5.41, 5.74) is 1.96. The van der Waals surface area contributed by atoms with Crippen molar-refractivity contribution < 1.29 is 4.21 Å². The van der Waals surface area contributed by atoms with Gasteiger partial charge in [0, 0.05) is 10.4 Å². The minimum absolute atomic E-state index is 0.216. The Morgan fingerprint density at radius 1 is 1.44 bits per heavy atom. The largest absolute Gasteiger partial charge is 0.350 e. The van der Waals surface area contributed by atoms with Crippen LogP contribution >= 0.6 is 24.4 Å². The van der Waals surface area contributed by atoms with E-state index in [4.69, 9.17) is 0 Å². The Balaban J connectivity index is 2.23. The first kappa shape index (κ1) is 14.2. The number of benzene rings is 1. The second-order valence-electron chi connectivity index (χ2n) is 5.38. The zero-order valence-corrected chi connectivity index (χ0v) is 13.4. The number of rotatable bonds is 2. The van der Waals surface area contributed by atoms with E-state index in [0.29, 0.717) is 0 Å². The van der Waals surface area contributed by atoms with E-state index in [-0.39, 0.29) is 5.54 Å². The Morgan fingerprint density at radius 3 is 2.67 bits per heavy atom. The van der Waals surface area contributed by atoms with Crippen molar-refractivity contribution in [3.05, 3.63) is 23.8 Å². The fourth-order valence-corrected chi connectivity index (χ4v) is 4.69. The van der Waals surface area contributed by atoms with E-state index in [9.17, 15) is 4.21 Å². The molecule has 0 bridgehead atoms. The molecule has 0 fully saturated rings. The summed E-state index contributed by atoms with van der Waals surface area (Å²) < 4.78 is 14.7. The summed E-state index contributed by atoms with van der Waals surface area (Å²) in [6.45, 7) is 7.99. The average Bonchev–Trinajstić information content (AvgIpc) is 2.55. The fourth-order valence-electron chi connectivity index (χ4n) is 1.65. The van der Waals surface area contributed by atoms with Crippen LogP contribution in [0.3, 0.4) is 0 Å². The molecule has 2 rings (SSSR count). The molecular weight excluding hydrogens is 284 g/mol. The first-order valence-corrected chi connectivity index (χ1v) is 8.11. The maximum absolute atomic E-state index is 12.4. The molecule has 18 heavy (non-hydrogen) atoms. The van der Waals surface area contributed by atoms with Crippen LogP contribution in [0.15, 0.2) is 23.1 Å². The van der Waals surface area contributed by atoms with Crippen LogP contribution in [-0.4, -0.2) is 13.3 Å².